The van der Waals surface area contributed by atoms with Crippen molar-refractivity contribution in [1.29, 1.82) is 0 Å². The van der Waals surface area contributed by atoms with Crippen LogP contribution in [-0.4, -0.2) is 12.1 Å². The van der Waals surface area contributed by atoms with Crippen LogP contribution in [-0.2, 0) is 0 Å². The molecular weight excluding hydrogens is 254 g/mol. The average Bonchev–Trinajstić information content (AvgIpc) is 2.97. The zero-order valence-corrected chi connectivity index (χ0v) is 11.4. The number of benzene rings is 2. The van der Waals surface area contributed by atoms with Crippen molar-refractivity contribution < 1.29 is 4.74 Å². The highest BCUT2D eigenvalue weighted by molar-refractivity contribution is 7.10. The van der Waals surface area contributed by atoms with Crippen molar-refractivity contribution in [3.05, 3.63) is 58.5 Å². The molecule has 94 valence electrons. The normalized spacial score (nSPS) is 11.2. The summed E-state index contributed by atoms with van der Waals surface area (Å²) in [5.41, 5.74) is 1.09. The summed E-state index contributed by atoms with van der Waals surface area (Å²) in [5, 5.41) is 5.37. The van der Waals surface area contributed by atoms with E-state index >= 15 is 0 Å². The molecule has 0 spiro atoms. The van der Waals surface area contributed by atoms with Gasteiger partial charge in [-0.2, -0.15) is 0 Å². The first-order valence-electron chi connectivity index (χ1n) is 6.02. The highest BCUT2D eigenvalue weighted by atomic mass is 32.1. The topological polar surface area (TPSA) is 22.1 Å². The number of fused-ring (bicyclic) bond motifs is 1. The lowest BCUT2D eigenvalue weighted by atomic mass is 10.0. The first-order chi connectivity index (χ1) is 9.38. The van der Waals surface area contributed by atoms with E-state index < -0.39 is 0 Å². The Kier molecular flexibility index (Phi) is 3.29. The standard InChI is InChI=1S/C16H13NOS/c1-18-15-8-6-12-4-2-3-5-13(12)14(15)7-9-16-17-10-11-19-16/h2-11H,1H3. The third kappa shape index (κ3) is 2.37. The van der Waals surface area contributed by atoms with E-state index in [9.17, 15) is 0 Å². The van der Waals surface area contributed by atoms with Crippen LogP contribution in [0.25, 0.3) is 22.9 Å². The van der Waals surface area contributed by atoms with Crippen molar-refractivity contribution in [3.8, 4) is 5.75 Å². The van der Waals surface area contributed by atoms with Gasteiger partial charge >= 0.3 is 0 Å². The average molecular weight is 267 g/mol. The zero-order valence-electron chi connectivity index (χ0n) is 10.5. The highest BCUT2D eigenvalue weighted by Gasteiger charge is 2.05. The lowest BCUT2D eigenvalue weighted by molar-refractivity contribution is 0.414. The number of hydrogen-bond donors (Lipinski definition) is 0. The van der Waals surface area contributed by atoms with Gasteiger partial charge in [0.25, 0.3) is 0 Å². The number of ether oxygens (including phenoxy) is 1. The molecule has 0 saturated carbocycles. The Hall–Kier alpha value is -2.13. The second-order valence-electron chi connectivity index (χ2n) is 4.11. The molecule has 3 aromatic rings. The molecule has 0 unspecified atom stereocenters. The molecule has 0 amide bonds. The van der Waals surface area contributed by atoms with Crippen molar-refractivity contribution in [2.24, 2.45) is 0 Å². The largest absolute Gasteiger partial charge is 0.496 e. The molecule has 0 aliphatic rings. The van der Waals surface area contributed by atoms with E-state index in [1.165, 1.54) is 10.8 Å². The number of thiazole rings is 1. The molecule has 0 atom stereocenters. The van der Waals surface area contributed by atoms with Crippen LogP contribution in [0.15, 0.2) is 48.0 Å². The summed E-state index contributed by atoms with van der Waals surface area (Å²) in [7, 11) is 1.70. The van der Waals surface area contributed by atoms with Gasteiger partial charge in [0.05, 0.1) is 7.11 Å². The highest BCUT2D eigenvalue weighted by Crippen LogP contribution is 2.29. The molecule has 1 heterocycles. The molecule has 2 nitrogen and oxygen atoms in total. The molecule has 0 N–H and O–H groups in total. The van der Waals surface area contributed by atoms with Crippen molar-refractivity contribution in [2.75, 3.05) is 7.11 Å². The summed E-state index contributed by atoms with van der Waals surface area (Å²) >= 11 is 1.62. The van der Waals surface area contributed by atoms with Crippen LogP contribution in [0.4, 0.5) is 0 Å². The minimum absolute atomic E-state index is 0.881. The van der Waals surface area contributed by atoms with E-state index in [4.69, 9.17) is 4.74 Å². The molecule has 0 aliphatic carbocycles. The molecule has 3 rings (SSSR count). The Labute approximate surface area is 116 Å². The summed E-state index contributed by atoms with van der Waals surface area (Å²) in [6, 6.07) is 12.4. The van der Waals surface area contributed by atoms with Gasteiger partial charge in [-0.15, -0.1) is 11.3 Å². The van der Waals surface area contributed by atoms with Gasteiger partial charge in [-0.3, -0.25) is 0 Å². The fourth-order valence-corrected chi connectivity index (χ4v) is 2.63. The number of rotatable bonds is 3. The zero-order chi connectivity index (χ0) is 13.1. The van der Waals surface area contributed by atoms with Crippen LogP contribution in [0, 0.1) is 0 Å². The molecule has 0 radical (unpaired) electrons. The summed E-state index contributed by atoms with van der Waals surface area (Å²) in [6.45, 7) is 0. The fraction of sp³-hybridized carbons (Fsp3) is 0.0625. The lowest BCUT2D eigenvalue weighted by Crippen LogP contribution is -1.88. The van der Waals surface area contributed by atoms with E-state index in [1.807, 2.05) is 35.9 Å². The summed E-state index contributed by atoms with van der Waals surface area (Å²) in [4.78, 5) is 4.26. The number of methoxy groups -OCH3 is 1. The monoisotopic (exact) mass is 267 g/mol. The van der Waals surface area contributed by atoms with Crippen molar-refractivity contribution >= 4 is 34.3 Å². The Morgan fingerprint density at radius 3 is 2.79 bits per heavy atom. The SMILES string of the molecule is COc1ccc2ccccc2c1C=Cc1nccs1. The molecule has 0 saturated heterocycles. The second kappa shape index (κ2) is 5.24. The van der Waals surface area contributed by atoms with Gasteiger partial charge in [0.2, 0.25) is 0 Å². The number of aromatic nitrogens is 1. The smallest absolute Gasteiger partial charge is 0.126 e. The van der Waals surface area contributed by atoms with Crippen molar-refractivity contribution in [1.82, 2.24) is 4.98 Å². The fourth-order valence-electron chi connectivity index (χ4n) is 2.10. The Morgan fingerprint density at radius 2 is 2.00 bits per heavy atom. The van der Waals surface area contributed by atoms with Gasteiger partial charge in [0.15, 0.2) is 0 Å². The molecule has 1 aromatic heterocycles. The van der Waals surface area contributed by atoms with Gasteiger partial charge in [-0.1, -0.05) is 30.3 Å². The van der Waals surface area contributed by atoms with Gasteiger partial charge in [0.1, 0.15) is 10.8 Å². The van der Waals surface area contributed by atoms with Crippen molar-refractivity contribution in [3.63, 3.8) is 0 Å². The summed E-state index contributed by atoms with van der Waals surface area (Å²) < 4.78 is 5.46. The minimum atomic E-state index is 0.881. The lowest BCUT2D eigenvalue weighted by Gasteiger charge is -2.08. The molecular formula is C16H13NOS. The van der Waals surface area contributed by atoms with Crippen LogP contribution in [0.2, 0.25) is 0 Å². The van der Waals surface area contributed by atoms with Crippen LogP contribution < -0.4 is 4.74 Å². The maximum atomic E-state index is 5.46. The third-order valence-electron chi connectivity index (χ3n) is 2.99. The molecule has 0 fully saturated rings. The minimum Gasteiger partial charge on any atom is -0.496 e. The Balaban J connectivity index is 2.14. The van der Waals surface area contributed by atoms with Crippen LogP contribution >= 0.6 is 11.3 Å². The third-order valence-corrected chi connectivity index (χ3v) is 3.74. The molecule has 3 heteroatoms. The quantitative estimate of drug-likeness (QED) is 0.698. The van der Waals surface area contributed by atoms with E-state index in [1.54, 1.807) is 18.4 Å². The van der Waals surface area contributed by atoms with E-state index in [0.717, 1.165) is 16.3 Å². The molecule has 19 heavy (non-hydrogen) atoms. The van der Waals surface area contributed by atoms with Crippen LogP contribution in [0.3, 0.4) is 0 Å². The maximum Gasteiger partial charge on any atom is 0.126 e. The van der Waals surface area contributed by atoms with Crippen LogP contribution in [0.5, 0.6) is 5.75 Å². The number of nitrogens with zero attached hydrogens (tertiary/aromatic N) is 1. The van der Waals surface area contributed by atoms with E-state index in [0.29, 0.717) is 0 Å². The molecule has 0 aliphatic heterocycles. The van der Waals surface area contributed by atoms with Crippen LogP contribution in [0.1, 0.15) is 10.6 Å². The molecule has 2 aromatic carbocycles. The first kappa shape index (κ1) is 11.9. The molecule has 0 bridgehead atoms. The summed E-state index contributed by atoms with van der Waals surface area (Å²) in [6.07, 6.45) is 5.90. The Morgan fingerprint density at radius 1 is 1.11 bits per heavy atom. The second-order valence-corrected chi connectivity index (χ2v) is 5.03. The Bertz CT molecular complexity index is 717. The summed E-state index contributed by atoms with van der Waals surface area (Å²) in [5.74, 6) is 0.881. The van der Waals surface area contributed by atoms with Gasteiger partial charge in [-0.05, 0) is 29.0 Å². The van der Waals surface area contributed by atoms with Gasteiger partial charge < -0.3 is 4.74 Å². The van der Waals surface area contributed by atoms with E-state index in [-0.39, 0.29) is 0 Å². The predicted octanol–water partition coefficient (Wildman–Crippen LogP) is 4.48. The predicted molar refractivity (Wildman–Crippen MR) is 81.5 cm³/mol. The van der Waals surface area contributed by atoms with Gasteiger partial charge in [-0.25, -0.2) is 4.98 Å². The van der Waals surface area contributed by atoms with Crippen molar-refractivity contribution in [2.45, 2.75) is 0 Å². The first-order valence-corrected chi connectivity index (χ1v) is 6.90. The maximum absolute atomic E-state index is 5.46. The number of hydrogen-bond acceptors (Lipinski definition) is 3. The van der Waals surface area contributed by atoms with Gasteiger partial charge in [0, 0.05) is 17.1 Å². The van der Waals surface area contributed by atoms with E-state index in [2.05, 4.69) is 29.3 Å².